The molecule has 0 aliphatic rings. The van der Waals surface area contributed by atoms with Crippen LogP contribution in [0, 0.1) is 12.7 Å². The minimum Gasteiger partial charge on any atom is -0.207 e. The first-order chi connectivity index (χ1) is 6.97. The Morgan fingerprint density at radius 2 is 2.13 bits per heavy atom. The summed E-state index contributed by atoms with van der Waals surface area (Å²) in [4.78, 5) is 0. The first-order valence-corrected chi connectivity index (χ1v) is 5.35. The molecule has 2 heteroatoms. The fourth-order valence-corrected chi connectivity index (χ4v) is 1.92. The maximum absolute atomic E-state index is 13.2. The van der Waals surface area contributed by atoms with Gasteiger partial charge in [-0.05, 0) is 35.5 Å². The standard InChI is InChI=1S/C13H18BF/c1-5-8-14-13(3,4)12-9-11(15)7-6-10(12)2/h5-7,9,14H,1,8H2,2-4H3. The average molecular weight is 204 g/mol. The molecule has 0 aromatic heterocycles. The Kier molecular flexibility index (Phi) is 3.73. The number of hydrogen-bond donors (Lipinski definition) is 0. The third-order valence-electron chi connectivity index (χ3n) is 2.90. The van der Waals surface area contributed by atoms with Crippen LogP contribution in [-0.2, 0) is 5.31 Å². The Labute approximate surface area is 92.4 Å². The van der Waals surface area contributed by atoms with E-state index < -0.39 is 0 Å². The van der Waals surface area contributed by atoms with Gasteiger partial charge in [0.2, 0.25) is 0 Å². The van der Waals surface area contributed by atoms with Gasteiger partial charge < -0.3 is 0 Å². The molecule has 0 atom stereocenters. The molecule has 0 unspecified atom stereocenters. The molecule has 0 spiro atoms. The highest BCUT2D eigenvalue weighted by Crippen LogP contribution is 2.26. The van der Waals surface area contributed by atoms with Crippen LogP contribution in [-0.4, -0.2) is 7.28 Å². The number of allylic oxidation sites excluding steroid dienone is 1. The van der Waals surface area contributed by atoms with Gasteiger partial charge in [-0.1, -0.05) is 32.3 Å². The summed E-state index contributed by atoms with van der Waals surface area (Å²) in [5.41, 5.74) is 2.26. The lowest BCUT2D eigenvalue weighted by Gasteiger charge is -2.26. The first kappa shape index (κ1) is 12.0. The highest BCUT2D eigenvalue weighted by Gasteiger charge is 2.23. The summed E-state index contributed by atoms with van der Waals surface area (Å²) in [6, 6.07) is 5.02. The zero-order valence-corrected chi connectivity index (χ0v) is 9.81. The largest absolute Gasteiger partial charge is 0.207 e. The van der Waals surface area contributed by atoms with Crippen LogP contribution in [0.1, 0.15) is 25.0 Å². The van der Waals surface area contributed by atoms with Gasteiger partial charge in [-0.3, -0.25) is 0 Å². The molecule has 1 rings (SSSR count). The fraction of sp³-hybridized carbons (Fsp3) is 0.385. The van der Waals surface area contributed by atoms with Crippen molar-refractivity contribution >= 4 is 7.28 Å². The van der Waals surface area contributed by atoms with Gasteiger partial charge in [-0.2, -0.15) is 0 Å². The summed E-state index contributed by atoms with van der Waals surface area (Å²) >= 11 is 0. The molecule has 0 nitrogen and oxygen atoms in total. The maximum atomic E-state index is 13.2. The summed E-state index contributed by atoms with van der Waals surface area (Å²) in [6.45, 7) is 10.1. The molecule has 1 aromatic rings. The monoisotopic (exact) mass is 204 g/mol. The smallest absolute Gasteiger partial charge is 0.137 e. The number of halogens is 1. The lowest BCUT2D eigenvalue weighted by atomic mass is 9.49. The third kappa shape index (κ3) is 2.95. The van der Waals surface area contributed by atoms with Gasteiger partial charge in [0.25, 0.3) is 0 Å². The molecule has 15 heavy (non-hydrogen) atoms. The molecule has 1 aromatic carbocycles. The Bertz CT molecular complexity index is 356. The van der Waals surface area contributed by atoms with Crippen molar-refractivity contribution in [1.82, 2.24) is 0 Å². The minimum absolute atomic E-state index is 0.0143. The van der Waals surface area contributed by atoms with Gasteiger partial charge in [0, 0.05) is 0 Å². The van der Waals surface area contributed by atoms with Crippen molar-refractivity contribution in [1.29, 1.82) is 0 Å². The summed E-state index contributed by atoms with van der Waals surface area (Å²) in [5.74, 6) is -0.151. The van der Waals surface area contributed by atoms with Crippen LogP contribution in [0.5, 0.6) is 0 Å². The van der Waals surface area contributed by atoms with E-state index in [4.69, 9.17) is 0 Å². The SMILES string of the molecule is C=CCBC(C)(C)c1cc(F)ccc1C. The summed E-state index contributed by atoms with van der Waals surface area (Å²) in [6.07, 6.45) is 2.87. The third-order valence-corrected chi connectivity index (χ3v) is 2.90. The average Bonchev–Trinajstić information content (AvgIpc) is 2.18. The lowest BCUT2D eigenvalue weighted by molar-refractivity contribution is 0.617. The quantitative estimate of drug-likeness (QED) is 0.520. The molecule has 0 heterocycles. The zero-order valence-electron chi connectivity index (χ0n) is 9.81. The molecule has 80 valence electrons. The van der Waals surface area contributed by atoms with E-state index in [1.165, 1.54) is 6.07 Å². The van der Waals surface area contributed by atoms with Crippen LogP contribution in [0.2, 0.25) is 6.32 Å². The second-order valence-corrected chi connectivity index (χ2v) is 4.67. The Hall–Kier alpha value is -1.05. The summed E-state index contributed by atoms with van der Waals surface area (Å²) < 4.78 is 13.2. The first-order valence-electron chi connectivity index (χ1n) is 5.35. The van der Waals surface area contributed by atoms with Gasteiger partial charge >= 0.3 is 0 Å². The number of aryl methyl sites for hydroxylation is 1. The minimum atomic E-state index is -0.151. The highest BCUT2D eigenvalue weighted by molar-refractivity contribution is 6.40. The number of benzene rings is 1. The van der Waals surface area contributed by atoms with Gasteiger partial charge in [0.15, 0.2) is 0 Å². The Morgan fingerprint density at radius 1 is 1.47 bits per heavy atom. The molecular formula is C13H18BF. The fourth-order valence-electron chi connectivity index (χ4n) is 1.92. The lowest BCUT2D eigenvalue weighted by Crippen LogP contribution is -2.26. The van der Waals surface area contributed by atoms with Crippen LogP contribution < -0.4 is 0 Å². The van der Waals surface area contributed by atoms with Gasteiger partial charge in [0.05, 0.1) is 0 Å². The molecule has 0 fully saturated rings. The second kappa shape index (κ2) is 4.65. The van der Waals surface area contributed by atoms with Crippen molar-refractivity contribution in [3.8, 4) is 0 Å². The van der Waals surface area contributed by atoms with Crippen molar-refractivity contribution in [3.05, 3.63) is 47.8 Å². The predicted octanol–water partition coefficient (Wildman–Crippen LogP) is 3.41. The van der Waals surface area contributed by atoms with Crippen molar-refractivity contribution < 1.29 is 4.39 Å². The molecule has 0 amide bonds. The van der Waals surface area contributed by atoms with Crippen LogP contribution in [0.25, 0.3) is 0 Å². The number of rotatable bonds is 4. The molecule has 0 saturated heterocycles. The molecule has 0 bridgehead atoms. The van der Waals surface area contributed by atoms with Crippen molar-refractivity contribution in [2.45, 2.75) is 32.4 Å². The van der Waals surface area contributed by atoms with E-state index in [9.17, 15) is 4.39 Å². The van der Waals surface area contributed by atoms with Gasteiger partial charge in [-0.25, -0.2) is 4.39 Å². The highest BCUT2D eigenvalue weighted by atomic mass is 19.1. The predicted molar refractivity (Wildman–Crippen MR) is 66.3 cm³/mol. The van der Waals surface area contributed by atoms with Gasteiger partial charge in [0.1, 0.15) is 13.1 Å². The molecular weight excluding hydrogens is 186 g/mol. The Morgan fingerprint density at radius 3 is 2.73 bits per heavy atom. The van der Waals surface area contributed by atoms with Crippen LogP contribution in [0.3, 0.4) is 0 Å². The molecule has 0 aliphatic carbocycles. The normalized spacial score (nSPS) is 11.2. The van der Waals surface area contributed by atoms with Crippen LogP contribution >= 0.6 is 0 Å². The topological polar surface area (TPSA) is 0 Å². The molecule has 0 N–H and O–H groups in total. The van der Waals surface area contributed by atoms with E-state index in [1.54, 1.807) is 6.07 Å². The van der Waals surface area contributed by atoms with Crippen LogP contribution in [0.15, 0.2) is 30.9 Å². The van der Waals surface area contributed by atoms with Crippen molar-refractivity contribution in [2.75, 3.05) is 0 Å². The Balaban J connectivity index is 3.02. The molecule has 0 saturated carbocycles. The zero-order chi connectivity index (χ0) is 11.5. The summed E-state index contributed by atoms with van der Waals surface area (Å²) in [7, 11) is 1.00. The number of hydrogen-bond acceptors (Lipinski definition) is 0. The van der Waals surface area contributed by atoms with E-state index >= 15 is 0 Å². The van der Waals surface area contributed by atoms with Crippen molar-refractivity contribution in [3.63, 3.8) is 0 Å². The van der Waals surface area contributed by atoms with E-state index in [0.29, 0.717) is 0 Å². The molecule has 0 aliphatic heterocycles. The van der Waals surface area contributed by atoms with E-state index in [2.05, 4.69) is 20.4 Å². The van der Waals surface area contributed by atoms with E-state index in [1.807, 2.05) is 19.1 Å². The van der Waals surface area contributed by atoms with Crippen LogP contribution in [0.4, 0.5) is 4.39 Å². The van der Waals surface area contributed by atoms with E-state index in [0.717, 1.165) is 24.7 Å². The molecule has 0 radical (unpaired) electrons. The van der Waals surface area contributed by atoms with Crippen molar-refractivity contribution in [2.24, 2.45) is 0 Å². The summed E-state index contributed by atoms with van der Waals surface area (Å²) in [5, 5.41) is 0.0143. The van der Waals surface area contributed by atoms with Gasteiger partial charge in [-0.15, -0.1) is 6.58 Å². The second-order valence-electron chi connectivity index (χ2n) is 4.67. The maximum Gasteiger partial charge on any atom is 0.137 e. The van der Waals surface area contributed by atoms with E-state index in [-0.39, 0.29) is 11.1 Å².